The van der Waals surface area contributed by atoms with Crippen LogP contribution in [0.4, 0.5) is 0 Å². The maximum atomic E-state index is 10.7. The minimum Gasteiger partial charge on any atom is -0.545 e. The lowest BCUT2D eigenvalue weighted by atomic mass is 10.2. The number of rotatable bonds is 2. The number of carboxylic acid groups (broad SMARTS) is 1. The number of carbonyl (C=O) groups is 2. The van der Waals surface area contributed by atoms with Gasteiger partial charge in [-0.3, -0.25) is 4.79 Å². The van der Waals surface area contributed by atoms with E-state index in [4.69, 9.17) is 0 Å². The molecule has 13 heavy (non-hydrogen) atoms. The Morgan fingerprint density at radius 3 is 2.15 bits per heavy atom. The van der Waals surface area contributed by atoms with Crippen molar-refractivity contribution >= 4 is 22.8 Å². The van der Waals surface area contributed by atoms with Crippen LogP contribution in [0.5, 0.6) is 0 Å². The molecule has 1 rings (SSSR count). The van der Waals surface area contributed by atoms with Gasteiger partial charge < -0.3 is 9.90 Å². The first-order valence-electron chi connectivity index (χ1n) is 3.59. The van der Waals surface area contributed by atoms with Crippen LogP contribution in [0.2, 0.25) is 0 Å². The predicted octanol–water partition coefficient (Wildman–Crippen LogP) is 0.689. The Hall–Kier alpha value is -1.29. The second-order valence-electron chi connectivity index (χ2n) is 2.41. The molecule has 0 aromatic heterocycles. The molecule has 1 aromatic rings. The van der Waals surface area contributed by atoms with Crippen LogP contribution in [0, 0.1) is 0 Å². The van der Waals surface area contributed by atoms with E-state index >= 15 is 0 Å². The third-order valence-corrected chi connectivity index (χ3v) is 2.15. The molecule has 0 aliphatic carbocycles. The Morgan fingerprint density at radius 2 is 1.77 bits per heavy atom. The molecule has 0 aliphatic heterocycles. The Balaban J connectivity index is 2.81. The van der Waals surface area contributed by atoms with E-state index in [1.807, 2.05) is 0 Å². The summed E-state index contributed by atoms with van der Waals surface area (Å²) < 4.78 is 0. The van der Waals surface area contributed by atoms with E-state index < -0.39 is 5.97 Å². The monoisotopic (exact) mass is 195 g/mol. The minimum atomic E-state index is -1.21. The molecule has 0 spiro atoms. The normalized spacial score (nSPS) is 9.62. The molecule has 0 heterocycles. The van der Waals surface area contributed by atoms with Gasteiger partial charge in [0.15, 0.2) is 5.12 Å². The summed E-state index contributed by atoms with van der Waals surface area (Å²) >= 11 is 1.07. The third-order valence-electron chi connectivity index (χ3n) is 1.35. The summed E-state index contributed by atoms with van der Waals surface area (Å²) in [5.41, 5.74) is 0.118. The fourth-order valence-corrected chi connectivity index (χ4v) is 1.43. The standard InChI is InChI=1S/C9H8O3S/c1-6(10)13-8-4-2-7(3-5-8)9(11)12/h2-5H,1H3,(H,11,12)/p-1. The molecule has 1 aromatic carbocycles. The van der Waals surface area contributed by atoms with Crippen molar-refractivity contribution in [3.8, 4) is 0 Å². The van der Waals surface area contributed by atoms with E-state index in [2.05, 4.69) is 0 Å². The first-order chi connectivity index (χ1) is 6.09. The number of hydrogen-bond donors (Lipinski definition) is 0. The van der Waals surface area contributed by atoms with Crippen LogP contribution < -0.4 is 5.11 Å². The van der Waals surface area contributed by atoms with Crippen LogP contribution in [0.25, 0.3) is 0 Å². The summed E-state index contributed by atoms with van der Waals surface area (Å²) in [6.45, 7) is 1.46. The van der Waals surface area contributed by atoms with Crippen LogP contribution >= 0.6 is 11.8 Å². The summed E-state index contributed by atoms with van der Waals surface area (Å²) in [6, 6.07) is 6.00. The highest BCUT2D eigenvalue weighted by Gasteiger charge is 1.98. The highest BCUT2D eigenvalue weighted by Crippen LogP contribution is 2.18. The molecule has 3 nitrogen and oxygen atoms in total. The van der Waals surface area contributed by atoms with Crippen LogP contribution in [0.1, 0.15) is 17.3 Å². The van der Waals surface area contributed by atoms with E-state index in [-0.39, 0.29) is 10.7 Å². The van der Waals surface area contributed by atoms with Crippen molar-refractivity contribution in [2.45, 2.75) is 11.8 Å². The molecular weight excluding hydrogens is 188 g/mol. The van der Waals surface area contributed by atoms with Gasteiger partial charge in [0.05, 0.1) is 5.97 Å². The van der Waals surface area contributed by atoms with Gasteiger partial charge in [0.25, 0.3) is 0 Å². The average molecular weight is 195 g/mol. The van der Waals surface area contributed by atoms with Crippen molar-refractivity contribution in [3.63, 3.8) is 0 Å². The van der Waals surface area contributed by atoms with Gasteiger partial charge in [0, 0.05) is 11.8 Å². The highest BCUT2D eigenvalue weighted by atomic mass is 32.2. The average Bonchev–Trinajstić information content (AvgIpc) is 2.04. The van der Waals surface area contributed by atoms with E-state index in [0.29, 0.717) is 0 Å². The minimum absolute atomic E-state index is 0.0267. The van der Waals surface area contributed by atoms with Crippen molar-refractivity contribution in [2.24, 2.45) is 0 Å². The molecule has 68 valence electrons. The maximum Gasteiger partial charge on any atom is 0.190 e. The molecular formula is C9H7O3S-. The van der Waals surface area contributed by atoms with Gasteiger partial charge in [-0.05, 0) is 17.7 Å². The van der Waals surface area contributed by atoms with Crippen LogP contribution in [-0.4, -0.2) is 11.1 Å². The Kier molecular flexibility index (Phi) is 3.08. The summed E-state index contributed by atoms with van der Waals surface area (Å²) in [5, 5.41) is 10.3. The Bertz CT molecular complexity index is 329. The van der Waals surface area contributed by atoms with Crippen LogP contribution in [-0.2, 0) is 4.79 Å². The van der Waals surface area contributed by atoms with Gasteiger partial charge in [-0.25, -0.2) is 0 Å². The molecule has 0 radical (unpaired) electrons. The smallest absolute Gasteiger partial charge is 0.190 e. The van der Waals surface area contributed by atoms with Crippen molar-refractivity contribution in [2.75, 3.05) is 0 Å². The lowest BCUT2D eigenvalue weighted by Crippen LogP contribution is -2.21. The second-order valence-corrected chi connectivity index (χ2v) is 3.66. The largest absolute Gasteiger partial charge is 0.545 e. The third kappa shape index (κ3) is 2.91. The van der Waals surface area contributed by atoms with Gasteiger partial charge in [0.2, 0.25) is 0 Å². The first kappa shape index (κ1) is 9.80. The van der Waals surface area contributed by atoms with E-state index in [1.165, 1.54) is 19.1 Å². The SMILES string of the molecule is CC(=O)Sc1ccc(C(=O)[O-])cc1. The molecule has 0 unspecified atom stereocenters. The molecule has 0 atom stereocenters. The molecule has 0 amide bonds. The highest BCUT2D eigenvalue weighted by molar-refractivity contribution is 8.13. The zero-order chi connectivity index (χ0) is 9.84. The van der Waals surface area contributed by atoms with E-state index in [9.17, 15) is 14.7 Å². The molecule has 0 saturated heterocycles. The summed E-state index contributed by atoms with van der Waals surface area (Å²) in [6.07, 6.45) is 0. The molecule has 0 aliphatic rings. The molecule has 0 saturated carbocycles. The van der Waals surface area contributed by atoms with Crippen LogP contribution in [0.3, 0.4) is 0 Å². The Morgan fingerprint density at radius 1 is 1.23 bits per heavy atom. The lowest BCUT2D eigenvalue weighted by molar-refractivity contribution is -0.255. The topological polar surface area (TPSA) is 57.2 Å². The molecule has 0 N–H and O–H groups in total. The number of thioether (sulfide) groups is 1. The summed E-state index contributed by atoms with van der Waals surface area (Å²) in [5.74, 6) is -1.21. The number of carbonyl (C=O) groups excluding carboxylic acids is 2. The maximum absolute atomic E-state index is 10.7. The number of carboxylic acids is 1. The van der Waals surface area contributed by atoms with Gasteiger partial charge in [0.1, 0.15) is 0 Å². The van der Waals surface area contributed by atoms with Gasteiger partial charge in [-0.1, -0.05) is 23.9 Å². The zero-order valence-corrected chi connectivity index (χ0v) is 7.76. The Labute approximate surface area is 79.8 Å². The van der Waals surface area contributed by atoms with Crippen molar-refractivity contribution < 1.29 is 14.7 Å². The van der Waals surface area contributed by atoms with Crippen molar-refractivity contribution in [3.05, 3.63) is 29.8 Å². The zero-order valence-electron chi connectivity index (χ0n) is 6.94. The summed E-state index contributed by atoms with van der Waals surface area (Å²) in [7, 11) is 0. The van der Waals surface area contributed by atoms with Crippen LogP contribution in [0.15, 0.2) is 29.2 Å². The van der Waals surface area contributed by atoms with Gasteiger partial charge >= 0.3 is 0 Å². The van der Waals surface area contributed by atoms with Crippen molar-refractivity contribution in [1.82, 2.24) is 0 Å². The number of benzene rings is 1. The number of hydrogen-bond acceptors (Lipinski definition) is 4. The van der Waals surface area contributed by atoms with Crippen molar-refractivity contribution in [1.29, 1.82) is 0 Å². The fourth-order valence-electron chi connectivity index (χ4n) is 0.825. The van der Waals surface area contributed by atoms with Gasteiger partial charge in [-0.2, -0.15) is 0 Å². The van der Waals surface area contributed by atoms with Gasteiger partial charge in [-0.15, -0.1) is 0 Å². The quantitative estimate of drug-likeness (QED) is 0.651. The predicted molar refractivity (Wildman–Crippen MR) is 47.3 cm³/mol. The fraction of sp³-hybridized carbons (Fsp3) is 0.111. The first-order valence-corrected chi connectivity index (χ1v) is 4.41. The molecule has 0 fully saturated rings. The lowest BCUT2D eigenvalue weighted by Gasteiger charge is -2.02. The summed E-state index contributed by atoms with van der Waals surface area (Å²) in [4.78, 5) is 21.7. The molecule has 0 bridgehead atoms. The second kappa shape index (κ2) is 4.09. The number of aromatic carboxylic acids is 1. The molecule has 4 heteroatoms. The van der Waals surface area contributed by atoms with E-state index in [1.54, 1.807) is 12.1 Å². The van der Waals surface area contributed by atoms with E-state index in [0.717, 1.165) is 16.7 Å².